The SMILES string of the molecule is CCC[C@@H](C)NC(=O)c1ccc(NS(=O)(=O)c2ccc(Cl)cc2)c(C)c1. The van der Waals surface area contributed by atoms with Gasteiger partial charge in [-0.15, -0.1) is 0 Å². The lowest BCUT2D eigenvalue weighted by atomic mass is 10.1. The fraction of sp³-hybridized carbons (Fsp3) is 0.316. The van der Waals surface area contributed by atoms with Gasteiger partial charge >= 0.3 is 0 Å². The maximum Gasteiger partial charge on any atom is 0.261 e. The summed E-state index contributed by atoms with van der Waals surface area (Å²) in [6.07, 6.45) is 1.90. The molecule has 0 fully saturated rings. The Morgan fingerprint density at radius 2 is 1.81 bits per heavy atom. The molecule has 0 heterocycles. The first-order valence-electron chi connectivity index (χ1n) is 8.43. The molecule has 2 aromatic rings. The molecule has 0 spiro atoms. The minimum atomic E-state index is -3.72. The maximum atomic E-state index is 12.5. The third-order valence-electron chi connectivity index (χ3n) is 3.96. The average molecular weight is 395 g/mol. The summed E-state index contributed by atoms with van der Waals surface area (Å²) >= 11 is 5.80. The highest BCUT2D eigenvalue weighted by molar-refractivity contribution is 7.92. The summed E-state index contributed by atoms with van der Waals surface area (Å²) in [5.41, 5.74) is 1.59. The average Bonchev–Trinajstić information content (AvgIpc) is 2.57. The monoisotopic (exact) mass is 394 g/mol. The molecule has 0 aliphatic heterocycles. The zero-order valence-electron chi connectivity index (χ0n) is 15.0. The highest BCUT2D eigenvalue weighted by atomic mass is 35.5. The molecule has 26 heavy (non-hydrogen) atoms. The normalized spacial score (nSPS) is 12.5. The first-order valence-corrected chi connectivity index (χ1v) is 10.3. The molecule has 0 unspecified atom stereocenters. The van der Waals surface area contributed by atoms with Gasteiger partial charge in [0.1, 0.15) is 0 Å². The fourth-order valence-corrected chi connectivity index (χ4v) is 3.81. The van der Waals surface area contributed by atoms with Crippen LogP contribution in [0.4, 0.5) is 5.69 Å². The number of rotatable bonds is 7. The number of carbonyl (C=O) groups is 1. The molecule has 2 rings (SSSR count). The highest BCUT2D eigenvalue weighted by Gasteiger charge is 2.16. The molecular formula is C19H23ClN2O3S. The van der Waals surface area contributed by atoms with E-state index in [1.165, 1.54) is 24.3 Å². The van der Waals surface area contributed by atoms with Crippen LogP contribution in [0, 0.1) is 6.92 Å². The van der Waals surface area contributed by atoms with Crippen molar-refractivity contribution in [3.63, 3.8) is 0 Å². The first kappa shape index (κ1) is 20.3. The van der Waals surface area contributed by atoms with Gasteiger partial charge in [-0.1, -0.05) is 24.9 Å². The first-order chi connectivity index (χ1) is 12.2. The molecule has 0 radical (unpaired) electrons. The van der Waals surface area contributed by atoms with Crippen molar-refractivity contribution >= 4 is 33.2 Å². The van der Waals surface area contributed by atoms with Crippen LogP contribution in [0.5, 0.6) is 0 Å². The van der Waals surface area contributed by atoms with E-state index in [0.29, 0.717) is 21.8 Å². The quantitative estimate of drug-likeness (QED) is 0.732. The topological polar surface area (TPSA) is 75.3 Å². The number of sulfonamides is 1. The Morgan fingerprint density at radius 3 is 2.38 bits per heavy atom. The second-order valence-corrected chi connectivity index (χ2v) is 8.37. The van der Waals surface area contributed by atoms with Crippen LogP contribution in [-0.2, 0) is 10.0 Å². The molecule has 1 atom stereocenters. The van der Waals surface area contributed by atoms with Crippen molar-refractivity contribution in [2.45, 2.75) is 44.6 Å². The molecule has 0 aliphatic rings. The summed E-state index contributed by atoms with van der Waals surface area (Å²) in [4.78, 5) is 12.4. The summed E-state index contributed by atoms with van der Waals surface area (Å²) in [6, 6.07) is 10.9. The van der Waals surface area contributed by atoms with Crippen molar-refractivity contribution in [2.75, 3.05) is 4.72 Å². The van der Waals surface area contributed by atoms with Crippen LogP contribution >= 0.6 is 11.6 Å². The number of nitrogens with one attached hydrogen (secondary N) is 2. The lowest BCUT2D eigenvalue weighted by Gasteiger charge is -2.15. The van der Waals surface area contributed by atoms with Gasteiger partial charge in [0.25, 0.3) is 15.9 Å². The zero-order chi connectivity index (χ0) is 19.3. The van der Waals surface area contributed by atoms with E-state index in [-0.39, 0.29) is 16.8 Å². The van der Waals surface area contributed by atoms with E-state index < -0.39 is 10.0 Å². The van der Waals surface area contributed by atoms with E-state index in [4.69, 9.17) is 11.6 Å². The number of hydrogen-bond acceptors (Lipinski definition) is 3. The van der Waals surface area contributed by atoms with E-state index in [1.54, 1.807) is 25.1 Å². The second kappa shape index (κ2) is 8.56. The van der Waals surface area contributed by atoms with Crippen molar-refractivity contribution in [1.29, 1.82) is 0 Å². The van der Waals surface area contributed by atoms with Crippen LogP contribution in [-0.4, -0.2) is 20.4 Å². The minimum Gasteiger partial charge on any atom is -0.350 e. The summed E-state index contributed by atoms with van der Waals surface area (Å²) in [7, 11) is -3.72. The van der Waals surface area contributed by atoms with Crippen molar-refractivity contribution in [3.8, 4) is 0 Å². The smallest absolute Gasteiger partial charge is 0.261 e. The van der Waals surface area contributed by atoms with Crippen LogP contribution in [0.3, 0.4) is 0 Å². The summed E-state index contributed by atoms with van der Waals surface area (Å²) in [6.45, 7) is 5.78. The predicted octanol–water partition coefficient (Wildman–Crippen LogP) is 4.37. The minimum absolute atomic E-state index is 0.0934. The second-order valence-electron chi connectivity index (χ2n) is 6.25. The van der Waals surface area contributed by atoms with Gasteiger partial charge in [0.2, 0.25) is 0 Å². The van der Waals surface area contributed by atoms with Crippen molar-refractivity contribution < 1.29 is 13.2 Å². The third kappa shape index (κ3) is 5.22. The molecule has 0 aromatic heterocycles. The Bertz CT molecular complexity index is 880. The molecule has 140 valence electrons. The molecule has 2 N–H and O–H groups in total. The Kier molecular flexibility index (Phi) is 6.67. The Balaban J connectivity index is 2.16. The number of halogens is 1. The van der Waals surface area contributed by atoms with Crippen LogP contribution in [0.2, 0.25) is 5.02 Å². The van der Waals surface area contributed by atoms with Gasteiger partial charge in [-0.25, -0.2) is 8.42 Å². The third-order valence-corrected chi connectivity index (χ3v) is 5.59. The number of amides is 1. The van der Waals surface area contributed by atoms with E-state index >= 15 is 0 Å². The van der Waals surface area contributed by atoms with Gasteiger partial charge in [-0.05, 0) is 68.3 Å². The molecule has 5 nitrogen and oxygen atoms in total. The van der Waals surface area contributed by atoms with Crippen LogP contribution in [0.1, 0.15) is 42.6 Å². The summed E-state index contributed by atoms with van der Waals surface area (Å²) in [5.74, 6) is -0.166. The standard InChI is InChI=1S/C19H23ClN2O3S/c1-4-5-14(3)21-19(23)15-6-11-18(13(2)12-15)22-26(24,25)17-9-7-16(20)8-10-17/h6-12,14,22H,4-5H2,1-3H3,(H,21,23)/t14-/m1/s1. The number of carbonyl (C=O) groups excluding carboxylic acids is 1. The molecule has 0 aliphatic carbocycles. The Hall–Kier alpha value is -2.05. The maximum absolute atomic E-state index is 12.5. The van der Waals surface area contributed by atoms with E-state index in [0.717, 1.165) is 12.8 Å². The largest absolute Gasteiger partial charge is 0.350 e. The molecule has 0 saturated carbocycles. The zero-order valence-corrected chi connectivity index (χ0v) is 16.6. The number of aryl methyl sites for hydroxylation is 1. The van der Waals surface area contributed by atoms with Gasteiger partial charge < -0.3 is 5.32 Å². The lowest BCUT2D eigenvalue weighted by Crippen LogP contribution is -2.32. The van der Waals surface area contributed by atoms with Crippen molar-refractivity contribution in [1.82, 2.24) is 5.32 Å². The van der Waals surface area contributed by atoms with Crippen LogP contribution < -0.4 is 10.0 Å². The molecule has 2 aromatic carbocycles. The van der Waals surface area contributed by atoms with Gasteiger partial charge in [0, 0.05) is 16.6 Å². The Labute approximate surface area is 159 Å². The summed E-state index contributed by atoms with van der Waals surface area (Å²) < 4.78 is 27.5. The molecule has 7 heteroatoms. The fourth-order valence-electron chi connectivity index (χ4n) is 2.55. The number of benzene rings is 2. The van der Waals surface area contributed by atoms with E-state index in [1.807, 2.05) is 6.92 Å². The molecule has 0 saturated heterocycles. The van der Waals surface area contributed by atoms with Gasteiger partial charge in [-0.2, -0.15) is 0 Å². The Morgan fingerprint density at radius 1 is 1.15 bits per heavy atom. The highest BCUT2D eigenvalue weighted by Crippen LogP contribution is 2.22. The van der Waals surface area contributed by atoms with Crippen LogP contribution in [0.25, 0.3) is 0 Å². The lowest BCUT2D eigenvalue weighted by molar-refractivity contribution is 0.0938. The summed E-state index contributed by atoms with van der Waals surface area (Å²) in [5, 5.41) is 3.40. The van der Waals surface area contributed by atoms with E-state index in [2.05, 4.69) is 17.0 Å². The van der Waals surface area contributed by atoms with E-state index in [9.17, 15) is 13.2 Å². The van der Waals surface area contributed by atoms with Gasteiger partial charge in [0.05, 0.1) is 10.6 Å². The van der Waals surface area contributed by atoms with Crippen molar-refractivity contribution in [2.24, 2.45) is 0 Å². The van der Waals surface area contributed by atoms with Gasteiger partial charge in [0.15, 0.2) is 0 Å². The van der Waals surface area contributed by atoms with Crippen LogP contribution in [0.15, 0.2) is 47.4 Å². The predicted molar refractivity (Wildman–Crippen MR) is 105 cm³/mol. The number of anilines is 1. The van der Waals surface area contributed by atoms with Gasteiger partial charge in [-0.3, -0.25) is 9.52 Å². The molecule has 1 amide bonds. The van der Waals surface area contributed by atoms with Crippen molar-refractivity contribution in [3.05, 3.63) is 58.6 Å². The molecule has 0 bridgehead atoms. The number of hydrogen-bond donors (Lipinski definition) is 2. The molecular weight excluding hydrogens is 372 g/mol.